The maximum absolute atomic E-state index is 12.9. The van der Waals surface area contributed by atoms with Gasteiger partial charge in [-0.2, -0.15) is 13.2 Å². The molecule has 1 unspecified atom stereocenters. The summed E-state index contributed by atoms with van der Waals surface area (Å²) in [6.45, 7) is 3.91. The molecule has 1 aliphatic rings. The van der Waals surface area contributed by atoms with Crippen LogP contribution in [0.2, 0.25) is 0 Å². The number of alkyl halides is 3. The van der Waals surface area contributed by atoms with Crippen LogP contribution >= 0.6 is 0 Å². The number of benzene rings is 1. The summed E-state index contributed by atoms with van der Waals surface area (Å²) in [5, 5.41) is 1.05. The fourth-order valence-electron chi connectivity index (χ4n) is 3.91. The maximum Gasteiger partial charge on any atom is 0.434 e. The van der Waals surface area contributed by atoms with E-state index in [2.05, 4.69) is 19.9 Å². The highest BCUT2D eigenvalue weighted by molar-refractivity contribution is 5.80. The number of rotatable bonds is 4. The van der Waals surface area contributed by atoms with Crippen LogP contribution in [0.4, 0.5) is 13.2 Å². The van der Waals surface area contributed by atoms with E-state index in [9.17, 15) is 13.2 Å². The van der Waals surface area contributed by atoms with Crippen molar-refractivity contribution in [3.63, 3.8) is 0 Å². The lowest BCUT2D eigenvalue weighted by molar-refractivity contribution is -0.141. The van der Waals surface area contributed by atoms with E-state index in [1.165, 1.54) is 0 Å². The van der Waals surface area contributed by atoms with Gasteiger partial charge in [0, 0.05) is 36.8 Å². The van der Waals surface area contributed by atoms with Gasteiger partial charge in [-0.3, -0.25) is 4.90 Å². The Morgan fingerprint density at radius 3 is 2.75 bits per heavy atom. The average molecular weight is 389 g/mol. The van der Waals surface area contributed by atoms with Crippen LogP contribution in [-0.4, -0.2) is 38.0 Å². The van der Waals surface area contributed by atoms with Crippen molar-refractivity contribution in [3.05, 3.63) is 53.5 Å². The van der Waals surface area contributed by atoms with E-state index >= 15 is 0 Å². The highest BCUT2D eigenvalue weighted by Crippen LogP contribution is 2.30. The van der Waals surface area contributed by atoms with Gasteiger partial charge in [0.05, 0.1) is 12.1 Å². The molecule has 0 N–H and O–H groups in total. The average Bonchev–Trinajstić information content (AvgIpc) is 3.05. The van der Waals surface area contributed by atoms with Crippen LogP contribution in [-0.2, 0) is 25.7 Å². The van der Waals surface area contributed by atoms with Crippen LogP contribution in [0.1, 0.15) is 29.5 Å². The summed E-state index contributed by atoms with van der Waals surface area (Å²) in [5.41, 5.74) is 1.09. The predicted octanol–water partition coefficient (Wildman–Crippen LogP) is 3.85. The van der Waals surface area contributed by atoms with Crippen LogP contribution in [0.25, 0.3) is 10.9 Å². The van der Waals surface area contributed by atoms with Crippen LogP contribution < -0.4 is 0 Å². The second-order valence-electron chi connectivity index (χ2n) is 7.54. The van der Waals surface area contributed by atoms with Crippen molar-refractivity contribution in [2.45, 2.75) is 39.0 Å². The first-order valence-electron chi connectivity index (χ1n) is 9.33. The molecule has 0 bridgehead atoms. The Morgan fingerprint density at radius 2 is 1.96 bits per heavy atom. The number of para-hydroxylation sites is 1. The molecule has 8 heteroatoms. The second kappa shape index (κ2) is 7.16. The van der Waals surface area contributed by atoms with E-state index in [0.29, 0.717) is 25.3 Å². The molecule has 1 aliphatic heterocycles. The van der Waals surface area contributed by atoms with Crippen molar-refractivity contribution in [2.24, 2.45) is 5.92 Å². The summed E-state index contributed by atoms with van der Waals surface area (Å²) < 4.78 is 40.3. The molecule has 4 rings (SSSR count). The standard InChI is InChI=1S/C20H22F3N5/c1-13-15-5-3-4-6-16(15)25-18(24-13)12-27(2)9-14-7-8-19-26-17(20(21,22)23)11-28(19)10-14/h3-6,11,14H,7-10,12H2,1-2H3. The van der Waals surface area contributed by atoms with Gasteiger partial charge in [-0.25, -0.2) is 15.0 Å². The molecule has 0 spiro atoms. The Labute approximate surface area is 161 Å². The Hall–Kier alpha value is -2.48. The smallest absolute Gasteiger partial charge is 0.334 e. The van der Waals surface area contributed by atoms with Crippen molar-refractivity contribution in [1.82, 2.24) is 24.4 Å². The SMILES string of the molecule is Cc1nc(CN(C)CC2CCc3nc(C(F)(F)F)cn3C2)nc2ccccc12. The predicted molar refractivity (Wildman–Crippen MR) is 99.6 cm³/mol. The van der Waals surface area contributed by atoms with Crippen molar-refractivity contribution < 1.29 is 13.2 Å². The van der Waals surface area contributed by atoms with E-state index in [-0.39, 0.29) is 5.92 Å². The Morgan fingerprint density at radius 1 is 1.18 bits per heavy atom. The number of fused-ring (bicyclic) bond motifs is 2. The topological polar surface area (TPSA) is 46.8 Å². The molecule has 2 aromatic heterocycles. The van der Waals surface area contributed by atoms with Gasteiger partial charge >= 0.3 is 6.18 Å². The molecule has 0 aliphatic carbocycles. The highest BCUT2D eigenvalue weighted by atomic mass is 19.4. The molecule has 3 aromatic rings. The summed E-state index contributed by atoms with van der Waals surface area (Å²) in [6, 6.07) is 7.93. The first-order chi connectivity index (χ1) is 13.3. The highest BCUT2D eigenvalue weighted by Gasteiger charge is 2.35. The van der Waals surface area contributed by atoms with E-state index in [0.717, 1.165) is 41.6 Å². The fourth-order valence-corrected chi connectivity index (χ4v) is 3.91. The molecule has 0 radical (unpaired) electrons. The van der Waals surface area contributed by atoms with Gasteiger partial charge in [-0.05, 0) is 32.4 Å². The monoisotopic (exact) mass is 389 g/mol. The summed E-state index contributed by atoms with van der Waals surface area (Å²) >= 11 is 0. The Kier molecular flexibility index (Phi) is 4.82. The summed E-state index contributed by atoms with van der Waals surface area (Å²) in [6.07, 6.45) is -1.85. The zero-order chi connectivity index (χ0) is 19.9. The molecule has 0 saturated heterocycles. The molecule has 0 amide bonds. The molecular weight excluding hydrogens is 367 g/mol. The molecule has 5 nitrogen and oxygen atoms in total. The number of imidazole rings is 1. The fraction of sp³-hybridized carbons (Fsp3) is 0.450. The zero-order valence-electron chi connectivity index (χ0n) is 15.9. The molecule has 0 fully saturated rings. The molecule has 0 saturated carbocycles. The minimum Gasteiger partial charge on any atom is -0.334 e. The lowest BCUT2D eigenvalue weighted by Crippen LogP contribution is -2.31. The van der Waals surface area contributed by atoms with Crippen molar-refractivity contribution in [1.29, 1.82) is 0 Å². The van der Waals surface area contributed by atoms with Crippen molar-refractivity contribution >= 4 is 10.9 Å². The number of nitrogens with zero attached hydrogens (tertiary/aromatic N) is 5. The summed E-state index contributed by atoms with van der Waals surface area (Å²) in [5.74, 6) is 1.56. The second-order valence-corrected chi connectivity index (χ2v) is 7.54. The van der Waals surface area contributed by atoms with Gasteiger partial charge < -0.3 is 4.57 Å². The van der Waals surface area contributed by atoms with E-state index in [4.69, 9.17) is 0 Å². The number of halogens is 3. The van der Waals surface area contributed by atoms with Gasteiger partial charge in [0.2, 0.25) is 0 Å². The van der Waals surface area contributed by atoms with Crippen LogP contribution in [0.3, 0.4) is 0 Å². The molecule has 28 heavy (non-hydrogen) atoms. The van der Waals surface area contributed by atoms with Crippen molar-refractivity contribution in [3.8, 4) is 0 Å². The normalized spacial score (nSPS) is 17.3. The summed E-state index contributed by atoms with van der Waals surface area (Å²) in [7, 11) is 2.00. The lowest BCUT2D eigenvalue weighted by atomic mass is 9.99. The van der Waals surface area contributed by atoms with Crippen LogP contribution in [0.15, 0.2) is 30.5 Å². The minimum atomic E-state index is -4.39. The Bertz CT molecular complexity index is 995. The lowest BCUT2D eigenvalue weighted by Gasteiger charge is -2.27. The van der Waals surface area contributed by atoms with Gasteiger partial charge in [-0.15, -0.1) is 0 Å². The third-order valence-corrected chi connectivity index (χ3v) is 5.20. The quantitative estimate of drug-likeness (QED) is 0.680. The zero-order valence-corrected chi connectivity index (χ0v) is 15.9. The van der Waals surface area contributed by atoms with Crippen molar-refractivity contribution in [2.75, 3.05) is 13.6 Å². The molecule has 1 atom stereocenters. The maximum atomic E-state index is 12.9. The third kappa shape index (κ3) is 3.87. The molecule has 3 heterocycles. The molecule has 1 aromatic carbocycles. The molecular formula is C20H22F3N5. The molecule has 148 valence electrons. The van der Waals surface area contributed by atoms with Crippen LogP contribution in [0, 0.1) is 12.8 Å². The van der Waals surface area contributed by atoms with E-state index in [1.54, 1.807) is 4.57 Å². The first kappa shape index (κ1) is 18.9. The van der Waals surface area contributed by atoms with Gasteiger partial charge in [0.15, 0.2) is 5.69 Å². The number of hydrogen-bond acceptors (Lipinski definition) is 4. The number of aryl methyl sites for hydroxylation is 2. The minimum absolute atomic E-state index is 0.273. The van der Waals surface area contributed by atoms with Gasteiger partial charge in [-0.1, -0.05) is 18.2 Å². The van der Waals surface area contributed by atoms with Gasteiger partial charge in [0.25, 0.3) is 0 Å². The largest absolute Gasteiger partial charge is 0.434 e. The number of aromatic nitrogens is 4. The van der Waals surface area contributed by atoms with E-state index < -0.39 is 11.9 Å². The van der Waals surface area contributed by atoms with Gasteiger partial charge in [0.1, 0.15) is 11.6 Å². The Balaban J connectivity index is 1.42. The summed E-state index contributed by atoms with van der Waals surface area (Å²) in [4.78, 5) is 15.1. The van der Waals surface area contributed by atoms with Crippen LogP contribution in [0.5, 0.6) is 0 Å². The van der Waals surface area contributed by atoms with E-state index in [1.807, 2.05) is 38.2 Å². The first-order valence-corrected chi connectivity index (χ1v) is 9.33. The number of hydrogen-bond donors (Lipinski definition) is 0. The third-order valence-electron chi connectivity index (χ3n) is 5.20.